The van der Waals surface area contributed by atoms with Crippen LogP contribution in [0.2, 0.25) is 0 Å². The Bertz CT molecular complexity index is 754. The number of aromatic nitrogens is 1. The molecule has 0 bridgehead atoms. The molecule has 2 heterocycles. The summed E-state index contributed by atoms with van der Waals surface area (Å²) in [6.07, 6.45) is 2.07. The summed E-state index contributed by atoms with van der Waals surface area (Å²) >= 11 is 0. The van der Waals surface area contributed by atoms with Gasteiger partial charge in [0.2, 0.25) is 0 Å². The summed E-state index contributed by atoms with van der Waals surface area (Å²) in [6.45, 7) is 5.06. The summed E-state index contributed by atoms with van der Waals surface area (Å²) in [4.78, 5) is 14.7. The number of ether oxygens (including phenoxy) is 2. The summed E-state index contributed by atoms with van der Waals surface area (Å²) < 4.78 is 16.1. The maximum Gasteiger partial charge on any atom is 0.276 e. The molecule has 6 nitrogen and oxygen atoms in total. The number of nitrogens with zero attached hydrogens (tertiary/aromatic N) is 2. The summed E-state index contributed by atoms with van der Waals surface area (Å²) in [7, 11) is 3.19. The van der Waals surface area contributed by atoms with Gasteiger partial charge in [-0.25, -0.2) is 0 Å². The van der Waals surface area contributed by atoms with Crippen molar-refractivity contribution in [2.75, 3.05) is 20.8 Å². The highest BCUT2D eigenvalue weighted by Gasteiger charge is 2.33. The molecule has 6 heteroatoms. The highest BCUT2D eigenvalue weighted by molar-refractivity contribution is 5.93. The van der Waals surface area contributed by atoms with Crippen LogP contribution in [-0.4, -0.2) is 42.8 Å². The van der Waals surface area contributed by atoms with Gasteiger partial charge in [0, 0.05) is 18.7 Å². The van der Waals surface area contributed by atoms with E-state index in [4.69, 9.17) is 14.0 Å². The van der Waals surface area contributed by atoms with E-state index in [-0.39, 0.29) is 11.9 Å². The average molecular weight is 344 g/mol. The number of likely N-dealkylation sites (tertiary alicyclic amines) is 1. The van der Waals surface area contributed by atoms with Gasteiger partial charge in [-0.1, -0.05) is 19.0 Å². The van der Waals surface area contributed by atoms with Crippen molar-refractivity contribution in [3.63, 3.8) is 0 Å². The van der Waals surface area contributed by atoms with E-state index in [1.807, 2.05) is 11.0 Å². The minimum Gasteiger partial charge on any atom is -0.497 e. The molecule has 2 aromatic rings. The first-order valence-corrected chi connectivity index (χ1v) is 8.55. The van der Waals surface area contributed by atoms with E-state index in [0.29, 0.717) is 34.4 Å². The highest BCUT2D eigenvalue weighted by atomic mass is 16.5. The molecule has 1 atom stereocenters. The molecule has 3 rings (SSSR count). The topological polar surface area (TPSA) is 64.8 Å². The zero-order valence-corrected chi connectivity index (χ0v) is 15.1. The summed E-state index contributed by atoms with van der Waals surface area (Å²) in [5.41, 5.74) is 1.03. The van der Waals surface area contributed by atoms with Gasteiger partial charge in [-0.3, -0.25) is 4.79 Å². The molecule has 1 fully saturated rings. The van der Waals surface area contributed by atoms with Gasteiger partial charge in [0.25, 0.3) is 5.91 Å². The lowest BCUT2D eigenvalue weighted by atomic mass is 10.0. The molecule has 0 saturated carbocycles. The van der Waals surface area contributed by atoms with Gasteiger partial charge >= 0.3 is 0 Å². The van der Waals surface area contributed by atoms with Crippen LogP contribution in [0.4, 0.5) is 0 Å². The molecule has 0 radical (unpaired) electrons. The molecule has 1 saturated heterocycles. The molecular weight excluding hydrogens is 320 g/mol. The Morgan fingerprint density at radius 2 is 2.08 bits per heavy atom. The monoisotopic (exact) mass is 344 g/mol. The zero-order chi connectivity index (χ0) is 18.0. The molecule has 1 aromatic carbocycles. The Morgan fingerprint density at radius 1 is 1.28 bits per heavy atom. The molecule has 0 unspecified atom stereocenters. The first-order valence-electron chi connectivity index (χ1n) is 8.55. The average Bonchev–Trinajstić information content (AvgIpc) is 3.30. The first-order chi connectivity index (χ1) is 12.0. The molecule has 1 aliphatic heterocycles. The van der Waals surface area contributed by atoms with E-state index >= 15 is 0 Å². The van der Waals surface area contributed by atoms with Crippen molar-refractivity contribution in [1.29, 1.82) is 0 Å². The fourth-order valence-corrected chi connectivity index (χ4v) is 3.39. The second-order valence-electron chi connectivity index (χ2n) is 6.59. The third kappa shape index (κ3) is 3.34. The number of rotatable bonds is 5. The lowest BCUT2D eigenvalue weighted by Crippen LogP contribution is -2.38. The minimum absolute atomic E-state index is 0.0759. The minimum atomic E-state index is -0.0759. The second kappa shape index (κ2) is 7.17. The molecule has 0 N–H and O–H groups in total. The van der Waals surface area contributed by atoms with Crippen LogP contribution in [0.5, 0.6) is 11.5 Å². The van der Waals surface area contributed by atoms with Crippen molar-refractivity contribution in [2.24, 2.45) is 5.92 Å². The van der Waals surface area contributed by atoms with E-state index in [1.165, 1.54) is 0 Å². The molecular formula is C19H24N2O4. The van der Waals surface area contributed by atoms with Crippen LogP contribution >= 0.6 is 0 Å². The van der Waals surface area contributed by atoms with Crippen LogP contribution in [0, 0.1) is 5.92 Å². The number of carbonyl (C=O) groups excluding carboxylic acids is 1. The van der Waals surface area contributed by atoms with Gasteiger partial charge in [0.15, 0.2) is 11.5 Å². The van der Waals surface area contributed by atoms with Crippen LogP contribution < -0.4 is 9.47 Å². The predicted molar refractivity (Wildman–Crippen MR) is 93.9 cm³/mol. The standard InChI is InChI=1S/C19H24N2O4/c1-12(2)16-6-5-9-21(16)19(22)15-11-18(25-20-15)14-10-13(23-3)7-8-17(14)24-4/h7-8,10-12,16H,5-6,9H2,1-4H3/t16-/m1/s1. The van der Waals surface area contributed by atoms with Crippen molar-refractivity contribution in [1.82, 2.24) is 10.1 Å². The molecule has 25 heavy (non-hydrogen) atoms. The van der Waals surface area contributed by atoms with Crippen molar-refractivity contribution in [3.05, 3.63) is 30.0 Å². The zero-order valence-electron chi connectivity index (χ0n) is 15.1. The summed E-state index contributed by atoms with van der Waals surface area (Å²) in [5, 5.41) is 4.00. The third-order valence-corrected chi connectivity index (χ3v) is 4.73. The van der Waals surface area contributed by atoms with E-state index in [0.717, 1.165) is 19.4 Å². The lowest BCUT2D eigenvalue weighted by Gasteiger charge is -2.26. The van der Waals surface area contributed by atoms with E-state index in [9.17, 15) is 4.79 Å². The van der Waals surface area contributed by atoms with Crippen LogP contribution in [-0.2, 0) is 0 Å². The number of hydrogen-bond acceptors (Lipinski definition) is 5. The quantitative estimate of drug-likeness (QED) is 0.829. The maximum atomic E-state index is 12.8. The fraction of sp³-hybridized carbons (Fsp3) is 0.474. The number of carbonyl (C=O) groups is 1. The van der Waals surface area contributed by atoms with Gasteiger partial charge in [-0.2, -0.15) is 0 Å². The third-order valence-electron chi connectivity index (χ3n) is 4.73. The number of benzene rings is 1. The number of methoxy groups -OCH3 is 2. The number of hydrogen-bond donors (Lipinski definition) is 0. The number of amides is 1. The molecule has 1 aliphatic rings. The van der Waals surface area contributed by atoms with Gasteiger partial charge in [0.1, 0.15) is 11.5 Å². The Kier molecular flexibility index (Phi) is 4.97. The van der Waals surface area contributed by atoms with Crippen LogP contribution in [0.1, 0.15) is 37.2 Å². The van der Waals surface area contributed by atoms with E-state index in [1.54, 1.807) is 32.4 Å². The Morgan fingerprint density at radius 3 is 2.76 bits per heavy atom. The smallest absolute Gasteiger partial charge is 0.276 e. The predicted octanol–water partition coefficient (Wildman–Crippen LogP) is 3.62. The largest absolute Gasteiger partial charge is 0.497 e. The Hall–Kier alpha value is -2.50. The molecule has 134 valence electrons. The van der Waals surface area contributed by atoms with Gasteiger partial charge in [-0.15, -0.1) is 0 Å². The van der Waals surface area contributed by atoms with Crippen LogP contribution in [0.25, 0.3) is 11.3 Å². The molecule has 0 aliphatic carbocycles. The Labute approximate surface area is 147 Å². The summed E-state index contributed by atoms with van der Waals surface area (Å²) in [6, 6.07) is 7.35. The van der Waals surface area contributed by atoms with E-state index < -0.39 is 0 Å². The highest BCUT2D eigenvalue weighted by Crippen LogP contribution is 2.34. The van der Waals surface area contributed by atoms with Gasteiger partial charge in [0.05, 0.1) is 19.8 Å². The second-order valence-corrected chi connectivity index (χ2v) is 6.59. The van der Waals surface area contributed by atoms with Crippen molar-refractivity contribution in [3.8, 4) is 22.8 Å². The summed E-state index contributed by atoms with van der Waals surface area (Å²) in [5.74, 6) is 2.15. The van der Waals surface area contributed by atoms with Crippen molar-refractivity contribution >= 4 is 5.91 Å². The lowest BCUT2D eigenvalue weighted by molar-refractivity contribution is 0.0691. The van der Waals surface area contributed by atoms with Crippen molar-refractivity contribution in [2.45, 2.75) is 32.7 Å². The molecule has 0 spiro atoms. The van der Waals surface area contributed by atoms with Crippen molar-refractivity contribution < 1.29 is 18.8 Å². The molecule has 1 aromatic heterocycles. The first kappa shape index (κ1) is 17.3. The fourth-order valence-electron chi connectivity index (χ4n) is 3.39. The van der Waals surface area contributed by atoms with Gasteiger partial charge < -0.3 is 18.9 Å². The Balaban J connectivity index is 1.89. The normalized spacial score (nSPS) is 17.2. The van der Waals surface area contributed by atoms with E-state index in [2.05, 4.69) is 19.0 Å². The van der Waals surface area contributed by atoms with Crippen LogP contribution in [0.3, 0.4) is 0 Å². The molecule has 1 amide bonds. The SMILES string of the molecule is COc1ccc(OC)c(-c2cc(C(=O)N3CCC[C@@H]3C(C)C)no2)c1. The maximum absolute atomic E-state index is 12.8. The van der Waals surface area contributed by atoms with Gasteiger partial charge in [-0.05, 0) is 37.0 Å². The van der Waals surface area contributed by atoms with Crippen LogP contribution in [0.15, 0.2) is 28.8 Å².